The molecule has 100 valence electrons. The molecule has 3 rings (SSSR count). The minimum atomic E-state index is -0.392. The maximum absolute atomic E-state index is 13.3. The van der Waals surface area contributed by atoms with Crippen LogP contribution in [0.2, 0.25) is 5.02 Å². The van der Waals surface area contributed by atoms with Crippen molar-refractivity contribution in [1.29, 1.82) is 0 Å². The van der Waals surface area contributed by atoms with Crippen molar-refractivity contribution < 1.29 is 4.39 Å². The van der Waals surface area contributed by atoms with Crippen molar-refractivity contribution in [2.75, 3.05) is 0 Å². The Kier molecular flexibility index (Phi) is 3.54. The molecule has 0 unspecified atom stereocenters. The zero-order valence-electron chi connectivity index (χ0n) is 9.98. The summed E-state index contributed by atoms with van der Waals surface area (Å²) in [5.74, 6) is 0.755. The highest BCUT2D eigenvalue weighted by atomic mass is 79.9. The zero-order chi connectivity index (χ0) is 13.4. The van der Waals surface area contributed by atoms with E-state index in [1.54, 1.807) is 4.68 Å². The number of aromatic nitrogens is 4. The van der Waals surface area contributed by atoms with Gasteiger partial charge in [0.1, 0.15) is 11.5 Å². The lowest BCUT2D eigenvalue weighted by atomic mass is 10.1. The molecule has 0 aliphatic heterocycles. The molecule has 0 atom stereocenters. The number of tetrazole rings is 1. The van der Waals surface area contributed by atoms with Gasteiger partial charge in [0.2, 0.25) is 0 Å². The van der Waals surface area contributed by atoms with Crippen molar-refractivity contribution in [3.63, 3.8) is 0 Å². The van der Waals surface area contributed by atoms with E-state index in [-0.39, 0.29) is 0 Å². The molecule has 0 N–H and O–H groups in total. The van der Waals surface area contributed by atoms with E-state index in [1.807, 2.05) is 0 Å². The van der Waals surface area contributed by atoms with Crippen LogP contribution in [0.3, 0.4) is 0 Å². The van der Waals surface area contributed by atoms with Gasteiger partial charge in [0.25, 0.3) is 0 Å². The lowest BCUT2D eigenvalue weighted by molar-refractivity contribution is 0.620. The number of nitrogens with zero attached hydrogens (tertiary/aromatic N) is 4. The molecule has 0 bridgehead atoms. The van der Waals surface area contributed by atoms with E-state index in [9.17, 15) is 4.39 Å². The summed E-state index contributed by atoms with van der Waals surface area (Å²) >= 11 is 9.44. The van der Waals surface area contributed by atoms with Crippen LogP contribution in [0.5, 0.6) is 0 Å². The van der Waals surface area contributed by atoms with Crippen LogP contribution in [0, 0.1) is 5.82 Å². The third kappa shape index (κ3) is 2.39. The van der Waals surface area contributed by atoms with Gasteiger partial charge in [-0.3, -0.25) is 0 Å². The van der Waals surface area contributed by atoms with Crippen molar-refractivity contribution in [3.8, 4) is 5.69 Å². The summed E-state index contributed by atoms with van der Waals surface area (Å²) in [6, 6.07) is 2.63. The Bertz CT molecular complexity index is 587. The molecule has 1 fully saturated rings. The van der Waals surface area contributed by atoms with Gasteiger partial charge >= 0.3 is 0 Å². The molecule has 2 aromatic rings. The predicted octanol–water partition coefficient (Wildman–Crippen LogP) is 3.87. The monoisotopic (exact) mass is 344 g/mol. The normalized spacial score (nSPS) is 16.2. The molecule has 4 nitrogen and oxygen atoms in total. The second-order valence-electron chi connectivity index (χ2n) is 4.65. The van der Waals surface area contributed by atoms with Gasteiger partial charge in [-0.25, -0.2) is 4.39 Å². The van der Waals surface area contributed by atoms with Gasteiger partial charge in [0, 0.05) is 10.4 Å². The molecule has 1 heterocycles. The predicted molar refractivity (Wildman–Crippen MR) is 73.0 cm³/mol. The molecule has 1 aromatic heterocycles. The van der Waals surface area contributed by atoms with Crippen molar-refractivity contribution in [1.82, 2.24) is 20.2 Å². The number of rotatable bonds is 2. The quantitative estimate of drug-likeness (QED) is 0.830. The molecule has 1 aromatic carbocycles. The number of hydrogen-bond acceptors (Lipinski definition) is 3. The number of hydrogen-bond donors (Lipinski definition) is 0. The second kappa shape index (κ2) is 5.17. The fourth-order valence-electron chi connectivity index (χ4n) is 2.53. The summed E-state index contributed by atoms with van der Waals surface area (Å²) in [5, 5.41) is 12.1. The maximum atomic E-state index is 13.3. The van der Waals surface area contributed by atoms with Crippen LogP contribution in [0.15, 0.2) is 16.6 Å². The molecule has 19 heavy (non-hydrogen) atoms. The Labute approximate surface area is 123 Å². The second-order valence-corrected chi connectivity index (χ2v) is 5.91. The lowest BCUT2D eigenvalue weighted by Crippen LogP contribution is -2.08. The van der Waals surface area contributed by atoms with Crippen molar-refractivity contribution in [2.45, 2.75) is 31.6 Å². The molecule has 0 amide bonds. The van der Waals surface area contributed by atoms with Gasteiger partial charge in [0.05, 0.1) is 5.02 Å². The Balaban J connectivity index is 2.10. The standard InChI is InChI=1S/C12H11BrClFN4/c13-9-5-8(15)6-10(14)11(9)19-12(16-17-18-19)7-3-1-2-4-7/h5-7H,1-4H2. The zero-order valence-corrected chi connectivity index (χ0v) is 12.3. The SMILES string of the molecule is Fc1cc(Cl)c(-n2nnnc2C2CCCC2)c(Br)c1. The summed E-state index contributed by atoms with van der Waals surface area (Å²) < 4.78 is 15.4. The topological polar surface area (TPSA) is 43.6 Å². The average molecular weight is 346 g/mol. The molecule has 7 heteroatoms. The Morgan fingerprint density at radius 3 is 2.74 bits per heavy atom. The third-order valence-electron chi connectivity index (χ3n) is 3.41. The summed E-state index contributed by atoms with van der Waals surface area (Å²) in [7, 11) is 0. The largest absolute Gasteiger partial charge is 0.207 e. The first-order chi connectivity index (χ1) is 9.16. The maximum Gasteiger partial charge on any atom is 0.159 e. The fourth-order valence-corrected chi connectivity index (χ4v) is 3.53. The number of benzene rings is 1. The summed E-state index contributed by atoms with van der Waals surface area (Å²) in [5.41, 5.74) is 0.593. The first kappa shape index (κ1) is 13.0. The van der Waals surface area contributed by atoms with Crippen molar-refractivity contribution >= 4 is 27.5 Å². The van der Waals surface area contributed by atoms with Crippen LogP contribution in [0.1, 0.15) is 37.4 Å². The molecule has 0 saturated heterocycles. The smallest absolute Gasteiger partial charge is 0.159 e. The van der Waals surface area contributed by atoms with E-state index in [4.69, 9.17) is 11.6 Å². The fraction of sp³-hybridized carbons (Fsp3) is 0.417. The minimum Gasteiger partial charge on any atom is -0.207 e. The molecule has 1 aliphatic rings. The molecule has 0 radical (unpaired) electrons. The van der Waals surface area contributed by atoms with E-state index in [1.165, 1.54) is 25.0 Å². The van der Waals surface area contributed by atoms with E-state index >= 15 is 0 Å². The van der Waals surface area contributed by atoms with Gasteiger partial charge in [-0.1, -0.05) is 24.4 Å². The highest BCUT2D eigenvalue weighted by Gasteiger charge is 2.25. The first-order valence-corrected chi connectivity index (χ1v) is 7.27. The van der Waals surface area contributed by atoms with Crippen LogP contribution in [0.25, 0.3) is 5.69 Å². The van der Waals surface area contributed by atoms with Gasteiger partial charge in [0.15, 0.2) is 5.82 Å². The number of halogens is 3. The Morgan fingerprint density at radius 1 is 1.32 bits per heavy atom. The van der Waals surface area contributed by atoms with E-state index in [2.05, 4.69) is 31.5 Å². The lowest BCUT2D eigenvalue weighted by Gasteiger charge is -2.12. The highest BCUT2D eigenvalue weighted by molar-refractivity contribution is 9.10. The van der Waals surface area contributed by atoms with Gasteiger partial charge in [-0.15, -0.1) is 5.10 Å². The highest BCUT2D eigenvalue weighted by Crippen LogP contribution is 2.36. The third-order valence-corrected chi connectivity index (χ3v) is 4.30. The van der Waals surface area contributed by atoms with Crippen LogP contribution in [0.4, 0.5) is 4.39 Å². The van der Waals surface area contributed by atoms with Crippen LogP contribution in [-0.4, -0.2) is 20.2 Å². The Hall–Kier alpha value is -1.01. The Morgan fingerprint density at radius 2 is 2.05 bits per heavy atom. The van der Waals surface area contributed by atoms with Crippen LogP contribution in [-0.2, 0) is 0 Å². The van der Waals surface area contributed by atoms with Gasteiger partial charge in [-0.05, 0) is 51.3 Å². The summed E-state index contributed by atoms with van der Waals surface area (Å²) in [4.78, 5) is 0. The van der Waals surface area contributed by atoms with Crippen LogP contribution >= 0.6 is 27.5 Å². The van der Waals surface area contributed by atoms with E-state index in [0.717, 1.165) is 18.7 Å². The summed E-state index contributed by atoms with van der Waals surface area (Å²) in [6.07, 6.45) is 4.54. The van der Waals surface area contributed by atoms with Crippen molar-refractivity contribution in [3.05, 3.63) is 33.3 Å². The summed E-state index contributed by atoms with van der Waals surface area (Å²) in [6.45, 7) is 0. The molecular weight excluding hydrogens is 335 g/mol. The van der Waals surface area contributed by atoms with Crippen LogP contribution < -0.4 is 0 Å². The minimum absolute atomic E-state index is 0.290. The van der Waals surface area contributed by atoms with Crippen molar-refractivity contribution in [2.24, 2.45) is 0 Å². The van der Waals surface area contributed by atoms with E-state index in [0.29, 0.717) is 21.1 Å². The molecule has 0 spiro atoms. The average Bonchev–Trinajstić information content (AvgIpc) is 2.96. The van der Waals surface area contributed by atoms with E-state index < -0.39 is 5.82 Å². The molecular formula is C12H11BrClFN4. The first-order valence-electron chi connectivity index (χ1n) is 6.10. The molecule has 1 aliphatic carbocycles. The molecule has 1 saturated carbocycles. The van der Waals surface area contributed by atoms with Gasteiger partial charge < -0.3 is 0 Å². The van der Waals surface area contributed by atoms with Gasteiger partial charge in [-0.2, -0.15) is 4.68 Å².